The molecule has 0 amide bonds. The lowest BCUT2D eigenvalue weighted by Gasteiger charge is -2.37. The monoisotopic (exact) mass is 342 g/mol. The molecule has 0 saturated heterocycles. The molecule has 0 unspecified atom stereocenters. The van der Waals surface area contributed by atoms with E-state index >= 15 is 0 Å². The number of fused-ring (bicyclic) bond motifs is 1. The topological polar surface area (TPSA) is 55.1 Å². The predicted molar refractivity (Wildman–Crippen MR) is 93.2 cm³/mol. The van der Waals surface area contributed by atoms with Crippen molar-refractivity contribution in [1.29, 1.82) is 0 Å². The Morgan fingerprint density at radius 1 is 1.25 bits per heavy atom. The fourth-order valence-electron chi connectivity index (χ4n) is 3.86. The van der Waals surface area contributed by atoms with E-state index in [0.29, 0.717) is 17.3 Å². The van der Waals surface area contributed by atoms with Gasteiger partial charge in [-0.05, 0) is 36.5 Å². The highest BCUT2D eigenvalue weighted by atomic mass is 35.5. The second-order valence-electron chi connectivity index (χ2n) is 7.45. The summed E-state index contributed by atoms with van der Waals surface area (Å²) >= 11 is 6.04. The molecule has 4 rings (SSSR count). The zero-order valence-corrected chi connectivity index (χ0v) is 14.7. The number of hydrogen-bond donors (Lipinski definition) is 1. The highest BCUT2D eigenvalue weighted by Gasteiger charge is 2.42. The molecule has 124 valence electrons. The van der Waals surface area contributed by atoms with Crippen LogP contribution in [0.1, 0.15) is 49.4 Å². The Hall–Kier alpha value is -2.07. The number of anilines is 1. The molecule has 0 spiro atoms. The number of carbonyl (C=O) groups excluding carboxylic acids is 1. The summed E-state index contributed by atoms with van der Waals surface area (Å²) in [4.78, 5) is 13.0. The summed E-state index contributed by atoms with van der Waals surface area (Å²) < 4.78 is 5.48. The molecule has 4 nitrogen and oxygen atoms in total. The maximum Gasteiger partial charge on any atom is 0.233 e. The summed E-state index contributed by atoms with van der Waals surface area (Å²) in [5, 5.41) is 8.11. The first kappa shape index (κ1) is 15.5. The Morgan fingerprint density at radius 2 is 1.96 bits per heavy atom. The van der Waals surface area contributed by atoms with Gasteiger partial charge in [0.05, 0.1) is 11.3 Å². The second kappa shape index (κ2) is 5.21. The van der Waals surface area contributed by atoms with Gasteiger partial charge in [0.1, 0.15) is 0 Å². The Morgan fingerprint density at radius 3 is 2.67 bits per heavy atom. The number of nitrogens with zero attached hydrogens (tertiary/aromatic N) is 1. The largest absolute Gasteiger partial charge is 0.338 e. The SMILES string of the molecule is Cc1noc2c1[C@H](c1ccc(Cl)cc1)C1=C(CC(C)(C)CC1=O)N2. The Kier molecular flexibility index (Phi) is 3.36. The minimum absolute atomic E-state index is 0.0555. The van der Waals surface area contributed by atoms with Crippen LogP contribution in [-0.4, -0.2) is 10.9 Å². The summed E-state index contributed by atoms with van der Waals surface area (Å²) in [6.07, 6.45) is 1.37. The molecule has 2 aromatic rings. The van der Waals surface area contributed by atoms with Crippen molar-refractivity contribution in [2.75, 3.05) is 5.32 Å². The minimum Gasteiger partial charge on any atom is -0.338 e. The van der Waals surface area contributed by atoms with Crippen molar-refractivity contribution in [2.45, 2.75) is 39.5 Å². The molecule has 1 aliphatic carbocycles. The molecule has 0 radical (unpaired) electrons. The summed E-state index contributed by atoms with van der Waals surface area (Å²) in [7, 11) is 0. The van der Waals surface area contributed by atoms with Gasteiger partial charge in [0.2, 0.25) is 5.88 Å². The summed E-state index contributed by atoms with van der Waals surface area (Å²) in [6.45, 7) is 6.15. The van der Waals surface area contributed by atoms with Crippen molar-refractivity contribution in [3.05, 3.63) is 57.4 Å². The van der Waals surface area contributed by atoms with Crippen LogP contribution in [0.15, 0.2) is 40.1 Å². The number of aryl methyl sites for hydroxylation is 1. The van der Waals surface area contributed by atoms with Gasteiger partial charge in [0.25, 0.3) is 0 Å². The lowest BCUT2D eigenvalue weighted by atomic mass is 9.69. The smallest absolute Gasteiger partial charge is 0.233 e. The maximum absolute atomic E-state index is 13.0. The molecular weight excluding hydrogens is 324 g/mol. The summed E-state index contributed by atoms with van der Waals surface area (Å²) in [5.41, 5.74) is 4.54. The van der Waals surface area contributed by atoms with Crippen LogP contribution < -0.4 is 5.32 Å². The van der Waals surface area contributed by atoms with E-state index in [2.05, 4.69) is 24.3 Å². The third-order valence-electron chi connectivity index (χ3n) is 4.87. The minimum atomic E-state index is -0.150. The number of nitrogens with one attached hydrogen (secondary N) is 1. The fraction of sp³-hybridized carbons (Fsp3) is 0.368. The van der Waals surface area contributed by atoms with Crippen molar-refractivity contribution >= 4 is 23.3 Å². The fourth-order valence-corrected chi connectivity index (χ4v) is 3.98. The van der Waals surface area contributed by atoms with E-state index in [1.807, 2.05) is 31.2 Å². The van der Waals surface area contributed by atoms with Crippen LogP contribution in [-0.2, 0) is 4.79 Å². The highest BCUT2D eigenvalue weighted by molar-refractivity contribution is 6.30. The number of rotatable bonds is 1. The number of Topliss-reactive ketones (excluding diaryl/α,β-unsaturated/α-hetero) is 1. The van der Waals surface area contributed by atoms with Crippen LogP contribution in [0.25, 0.3) is 0 Å². The number of allylic oxidation sites excluding steroid dienone is 2. The molecule has 1 aromatic heterocycles. The zero-order chi connectivity index (χ0) is 17.1. The molecule has 24 heavy (non-hydrogen) atoms. The number of benzene rings is 1. The van der Waals surface area contributed by atoms with Crippen molar-refractivity contribution < 1.29 is 9.32 Å². The van der Waals surface area contributed by atoms with Gasteiger partial charge in [-0.2, -0.15) is 0 Å². The van der Waals surface area contributed by atoms with Crippen LogP contribution in [0.5, 0.6) is 0 Å². The van der Waals surface area contributed by atoms with Crippen LogP contribution in [0.3, 0.4) is 0 Å². The third-order valence-corrected chi connectivity index (χ3v) is 5.13. The van der Waals surface area contributed by atoms with E-state index in [-0.39, 0.29) is 17.1 Å². The van der Waals surface area contributed by atoms with E-state index in [1.165, 1.54) is 0 Å². The van der Waals surface area contributed by atoms with Gasteiger partial charge in [0, 0.05) is 28.6 Å². The van der Waals surface area contributed by atoms with Crippen LogP contribution in [0, 0.1) is 12.3 Å². The zero-order valence-electron chi connectivity index (χ0n) is 13.9. The molecule has 0 fully saturated rings. The quantitative estimate of drug-likeness (QED) is 0.805. The van der Waals surface area contributed by atoms with Gasteiger partial charge >= 0.3 is 0 Å². The number of halogens is 1. The Labute approximate surface area is 145 Å². The number of aromatic nitrogens is 1. The van der Waals surface area contributed by atoms with E-state index in [1.54, 1.807) is 0 Å². The first-order valence-electron chi connectivity index (χ1n) is 8.11. The summed E-state index contributed by atoms with van der Waals surface area (Å²) in [6, 6.07) is 7.68. The van der Waals surface area contributed by atoms with E-state index < -0.39 is 0 Å². The Bertz CT molecular complexity index is 862. The number of ketones is 1. The van der Waals surface area contributed by atoms with Gasteiger partial charge in [-0.15, -0.1) is 0 Å². The van der Waals surface area contributed by atoms with Crippen LogP contribution in [0.2, 0.25) is 5.02 Å². The van der Waals surface area contributed by atoms with E-state index in [0.717, 1.165) is 34.5 Å². The lowest BCUT2D eigenvalue weighted by molar-refractivity contribution is -0.118. The van der Waals surface area contributed by atoms with Crippen LogP contribution >= 0.6 is 11.6 Å². The molecule has 5 heteroatoms. The molecule has 1 N–H and O–H groups in total. The van der Waals surface area contributed by atoms with E-state index in [4.69, 9.17) is 16.1 Å². The van der Waals surface area contributed by atoms with E-state index in [9.17, 15) is 4.79 Å². The average Bonchev–Trinajstić information content (AvgIpc) is 2.86. The van der Waals surface area contributed by atoms with Gasteiger partial charge in [-0.1, -0.05) is 42.7 Å². The first-order valence-corrected chi connectivity index (χ1v) is 8.48. The van der Waals surface area contributed by atoms with Gasteiger partial charge in [0.15, 0.2) is 5.78 Å². The number of hydrogen-bond acceptors (Lipinski definition) is 4. The average molecular weight is 343 g/mol. The maximum atomic E-state index is 13.0. The number of carbonyl (C=O) groups is 1. The van der Waals surface area contributed by atoms with Gasteiger partial charge < -0.3 is 9.84 Å². The van der Waals surface area contributed by atoms with Crippen molar-refractivity contribution in [2.24, 2.45) is 5.41 Å². The van der Waals surface area contributed by atoms with Crippen molar-refractivity contribution in [3.63, 3.8) is 0 Å². The second-order valence-corrected chi connectivity index (χ2v) is 7.89. The molecule has 0 bridgehead atoms. The first-order chi connectivity index (χ1) is 11.4. The Balaban J connectivity index is 1.93. The predicted octanol–water partition coefficient (Wildman–Crippen LogP) is 4.84. The molecule has 1 aromatic carbocycles. The van der Waals surface area contributed by atoms with Gasteiger partial charge in [-0.3, -0.25) is 4.79 Å². The molecule has 0 saturated carbocycles. The lowest BCUT2D eigenvalue weighted by Crippen LogP contribution is -2.33. The van der Waals surface area contributed by atoms with Crippen LogP contribution in [0.4, 0.5) is 5.88 Å². The van der Waals surface area contributed by atoms with Crippen molar-refractivity contribution in [1.82, 2.24) is 5.16 Å². The molecule has 1 atom stereocenters. The molecule has 2 heterocycles. The standard InChI is InChI=1S/C19H19ClN2O2/c1-10-15-16(11-4-6-12(20)7-5-11)17-13(21-18(15)24-22-10)8-19(2,3)9-14(17)23/h4-7,16,21H,8-9H2,1-3H3/t16-/m0/s1. The molecule has 1 aliphatic heterocycles. The molecule has 2 aliphatic rings. The third kappa shape index (κ3) is 2.37. The highest BCUT2D eigenvalue weighted by Crippen LogP contribution is 2.49. The molecular formula is C19H19ClN2O2. The summed E-state index contributed by atoms with van der Waals surface area (Å²) in [5.74, 6) is 0.694. The van der Waals surface area contributed by atoms with Crippen molar-refractivity contribution in [3.8, 4) is 0 Å². The normalized spacial score (nSPS) is 22.0. The van der Waals surface area contributed by atoms with Gasteiger partial charge in [-0.25, -0.2) is 0 Å².